The van der Waals surface area contributed by atoms with Gasteiger partial charge < -0.3 is 14.4 Å². The number of rotatable bonds is 5. The summed E-state index contributed by atoms with van der Waals surface area (Å²) in [6.07, 6.45) is 0.989. The van der Waals surface area contributed by atoms with E-state index in [-0.39, 0.29) is 6.61 Å². The molecule has 0 aliphatic heterocycles. The summed E-state index contributed by atoms with van der Waals surface area (Å²) in [6.45, 7) is 5.61. The molecule has 2 rings (SSSR count). The van der Waals surface area contributed by atoms with E-state index in [2.05, 4.69) is 11.9 Å². The van der Waals surface area contributed by atoms with Crippen molar-refractivity contribution in [3.63, 3.8) is 0 Å². The fraction of sp³-hybridized carbons (Fsp3) is 0.462. The molecule has 0 radical (unpaired) electrons. The van der Waals surface area contributed by atoms with Crippen molar-refractivity contribution in [1.29, 1.82) is 0 Å². The van der Waals surface area contributed by atoms with Crippen LogP contribution in [0.2, 0.25) is 0 Å². The summed E-state index contributed by atoms with van der Waals surface area (Å²) in [7, 11) is 0. The number of aromatic nitrogens is 2. The molecule has 0 bridgehead atoms. The molecule has 2 aromatic rings. The molecule has 4 nitrogen and oxygen atoms in total. The average molecular weight is 234 g/mol. The highest BCUT2D eigenvalue weighted by molar-refractivity contribution is 5.77. The number of ether oxygens (including phenoxy) is 1. The topological polar surface area (TPSA) is 47.3 Å². The molecule has 4 heteroatoms. The Kier molecular flexibility index (Phi) is 3.64. The lowest BCUT2D eigenvalue weighted by Crippen LogP contribution is -2.00. The summed E-state index contributed by atoms with van der Waals surface area (Å²) < 4.78 is 7.58. The zero-order chi connectivity index (χ0) is 12.3. The first kappa shape index (κ1) is 11.9. The Hall–Kier alpha value is -1.55. The predicted molar refractivity (Wildman–Crippen MR) is 67.1 cm³/mol. The molecule has 1 N–H and O–H groups in total. The summed E-state index contributed by atoms with van der Waals surface area (Å²) in [4.78, 5) is 4.40. The number of imidazole rings is 1. The maximum absolute atomic E-state index is 9.25. The smallest absolute Gasteiger partial charge is 0.135 e. The summed E-state index contributed by atoms with van der Waals surface area (Å²) in [5.74, 6) is 1.54. The summed E-state index contributed by atoms with van der Waals surface area (Å²) >= 11 is 0. The molecule has 1 heterocycles. The molecule has 0 saturated heterocycles. The average Bonchev–Trinajstić information content (AvgIpc) is 2.72. The van der Waals surface area contributed by atoms with Crippen LogP contribution in [0.3, 0.4) is 0 Å². The molecule has 92 valence electrons. The van der Waals surface area contributed by atoms with Gasteiger partial charge in [-0.2, -0.15) is 0 Å². The molecule has 0 aliphatic carbocycles. The van der Waals surface area contributed by atoms with E-state index in [9.17, 15) is 5.11 Å². The van der Waals surface area contributed by atoms with Crippen molar-refractivity contribution >= 4 is 11.0 Å². The van der Waals surface area contributed by atoms with Crippen LogP contribution >= 0.6 is 0 Å². The van der Waals surface area contributed by atoms with E-state index >= 15 is 0 Å². The van der Waals surface area contributed by atoms with Gasteiger partial charge in [0.1, 0.15) is 18.2 Å². The first-order valence-corrected chi connectivity index (χ1v) is 6.03. The standard InChI is InChI=1S/C13H18N2O2/c1-3-7-17-10-5-6-12-11(8-10)14-13(9-16)15(12)4-2/h5-6,8,16H,3-4,7,9H2,1-2H3. The number of benzene rings is 1. The Morgan fingerprint density at radius 2 is 2.18 bits per heavy atom. The third kappa shape index (κ3) is 2.26. The molecule has 1 aromatic carbocycles. The third-order valence-electron chi connectivity index (χ3n) is 2.73. The third-order valence-corrected chi connectivity index (χ3v) is 2.73. The highest BCUT2D eigenvalue weighted by atomic mass is 16.5. The fourth-order valence-electron chi connectivity index (χ4n) is 1.94. The second-order valence-corrected chi connectivity index (χ2v) is 3.93. The van der Waals surface area contributed by atoms with Crippen molar-refractivity contribution in [2.75, 3.05) is 6.61 Å². The molecule has 0 fully saturated rings. The predicted octanol–water partition coefficient (Wildman–Crippen LogP) is 2.34. The van der Waals surface area contributed by atoms with Gasteiger partial charge in [0.05, 0.1) is 17.6 Å². The highest BCUT2D eigenvalue weighted by Gasteiger charge is 2.09. The van der Waals surface area contributed by atoms with Crippen molar-refractivity contribution in [3.8, 4) is 5.75 Å². The van der Waals surface area contributed by atoms with Crippen molar-refractivity contribution in [1.82, 2.24) is 9.55 Å². The van der Waals surface area contributed by atoms with Crippen LogP contribution in [-0.4, -0.2) is 21.3 Å². The second-order valence-electron chi connectivity index (χ2n) is 3.93. The van der Waals surface area contributed by atoms with Crippen LogP contribution in [0.4, 0.5) is 0 Å². The number of aryl methyl sites for hydroxylation is 1. The molecular weight excluding hydrogens is 216 g/mol. The largest absolute Gasteiger partial charge is 0.494 e. The SMILES string of the molecule is CCCOc1ccc2c(c1)nc(CO)n2CC. The quantitative estimate of drug-likeness (QED) is 0.863. The van der Waals surface area contributed by atoms with Crippen LogP contribution in [0, 0.1) is 0 Å². The van der Waals surface area contributed by atoms with Gasteiger partial charge in [0.25, 0.3) is 0 Å². The lowest BCUT2D eigenvalue weighted by Gasteiger charge is -2.05. The Morgan fingerprint density at radius 1 is 1.35 bits per heavy atom. The van der Waals surface area contributed by atoms with E-state index in [1.807, 2.05) is 29.7 Å². The van der Waals surface area contributed by atoms with E-state index in [4.69, 9.17) is 4.74 Å². The van der Waals surface area contributed by atoms with Crippen LogP contribution in [0.25, 0.3) is 11.0 Å². The monoisotopic (exact) mass is 234 g/mol. The van der Waals surface area contributed by atoms with Gasteiger partial charge in [-0.05, 0) is 25.5 Å². The van der Waals surface area contributed by atoms with Gasteiger partial charge in [0.2, 0.25) is 0 Å². The summed E-state index contributed by atoms with van der Waals surface area (Å²) in [6, 6.07) is 5.87. The van der Waals surface area contributed by atoms with Gasteiger partial charge in [0, 0.05) is 12.6 Å². The number of hydrogen-bond acceptors (Lipinski definition) is 3. The van der Waals surface area contributed by atoms with E-state index in [0.29, 0.717) is 12.4 Å². The molecule has 0 unspecified atom stereocenters. The van der Waals surface area contributed by atoms with Crippen molar-refractivity contribution < 1.29 is 9.84 Å². The summed E-state index contributed by atoms with van der Waals surface area (Å²) in [5.41, 5.74) is 1.92. The van der Waals surface area contributed by atoms with E-state index in [1.165, 1.54) is 0 Å². The number of fused-ring (bicyclic) bond motifs is 1. The maximum Gasteiger partial charge on any atom is 0.135 e. The van der Waals surface area contributed by atoms with Crippen molar-refractivity contribution in [2.24, 2.45) is 0 Å². The minimum absolute atomic E-state index is 0.0341. The number of hydrogen-bond donors (Lipinski definition) is 1. The van der Waals surface area contributed by atoms with Gasteiger partial charge in [-0.15, -0.1) is 0 Å². The molecule has 0 amide bonds. The number of aliphatic hydroxyl groups is 1. The van der Waals surface area contributed by atoms with Crippen LogP contribution in [0.5, 0.6) is 5.75 Å². The molecule has 0 aliphatic rings. The lowest BCUT2D eigenvalue weighted by molar-refractivity contribution is 0.266. The molecule has 0 spiro atoms. The van der Waals surface area contributed by atoms with Gasteiger partial charge in [-0.1, -0.05) is 6.92 Å². The van der Waals surface area contributed by atoms with Crippen molar-refractivity contribution in [2.45, 2.75) is 33.4 Å². The van der Waals surface area contributed by atoms with Gasteiger partial charge in [0.15, 0.2) is 0 Å². The second kappa shape index (κ2) is 5.19. The minimum atomic E-state index is -0.0341. The Labute approximate surface area is 101 Å². The van der Waals surface area contributed by atoms with Crippen LogP contribution < -0.4 is 4.74 Å². The first-order chi connectivity index (χ1) is 8.30. The summed E-state index contributed by atoms with van der Waals surface area (Å²) in [5, 5.41) is 9.25. The molecular formula is C13H18N2O2. The highest BCUT2D eigenvalue weighted by Crippen LogP contribution is 2.22. The zero-order valence-corrected chi connectivity index (χ0v) is 10.3. The first-order valence-electron chi connectivity index (χ1n) is 6.03. The molecule has 17 heavy (non-hydrogen) atoms. The normalized spacial score (nSPS) is 11.0. The van der Waals surface area contributed by atoms with Gasteiger partial charge in [-0.25, -0.2) is 4.98 Å². The number of aliphatic hydroxyl groups excluding tert-OH is 1. The van der Waals surface area contributed by atoms with Gasteiger partial charge >= 0.3 is 0 Å². The molecule has 0 saturated carbocycles. The maximum atomic E-state index is 9.25. The minimum Gasteiger partial charge on any atom is -0.494 e. The van der Waals surface area contributed by atoms with Crippen LogP contribution in [0.15, 0.2) is 18.2 Å². The fourth-order valence-corrected chi connectivity index (χ4v) is 1.94. The van der Waals surface area contributed by atoms with E-state index in [0.717, 1.165) is 29.7 Å². The van der Waals surface area contributed by atoms with E-state index < -0.39 is 0 Å². The molecule has 1 aromatic heterocycles. The zero-order valence-electron chi connectivity index (χ0n) is 10.3. The van der Waals surface area contributed by atoms with E-state index in [1.54, 1.807) is 0 Å². The van der Waals surface area contributed by atoms with Gasteiger partial charge in [-0.3, -0.25) is 0 Å². The molecule has 0 atom stereocenters. The Balaban J connectivity index is 2.41. The van der Waals surface area contributed by atoms with Crippen molar-refractivity contribution in [3.05, 3.63) is 24.0 Å². The lowest BCUT2D eigenvalue weighted by atomic mass is 10.3. The van der Waals surface area contributed by atoms with Crippen LogP contribution in [-0.2, 0) is 13.2 Å². The Morgan fingerprint density at radius 3 is 2.82 bits per heavy atom. The van der Waals surface area contributed by atoms with Crippen LogP contribution in [0.1, 0.15) is 26.1 Å². The Bertz CT molecular complexity index is 505. The number of nitrogens with zero attached hydrogens (tertiary/aromatic N) is 2.